The average Bonchev–Trinajstić information content (AvgIpc) is 2.05. The fourth-order valence-corrected chi connectivity index (χ4v) is 0.719. The molecule has 0 aliphatic rings. The molecule has 1 rings (SSSR count). The number of nitrogens with zero attached hydrogens (tertiary/aromatic N) is 2. The molecule has 0 radical (unpaired) electrons. The summed E-state index contributed by atoms with van der Waals surface area (Å²) in [5.41, 5.74) is 0.407. The van der Waals surface area contributed by atoms with Crippen LogP contribution in [0.3, 0.4) is 0 Å². The third kappa shape index (κ3) is 1.79. The number of hydrogen-bond donors (Lipinski definition) is 2. The maximum atomic E-state index is 10.4. The van der Waals surface area contributed by atoms with E-state index in [1.165, 1.54) is 12.3 Å². The van der Waals surface area contributed by atoms with Crippen LogP contribution in [-0.4, -0.2) is 22.3 Å². The van der Waals surface area contributed by atoms with E-state index in [1.807, 2.05) is 0 Å². The normalized spacial score (nSPS) is 10.3. The van der Waals surface area contributed by atoms with E-state index in [9.17, 15) is 4.79 Å². The van der Waals surface area contributed by atoms with Crippen molar-refractivity contribution in [3.8, 4) is 0 Å². The number of aromatic nitrogens is 1. The summed E-state index contributed by atoms with van der Waals surface area (Å²) in [4.78, 5) is 14.2. The number of rotatable bonds is 2. The van der Waals surface area contributed by atoms with Crippen LogP contribution in [0.4, 0.5) is 0 Å². The third-order valence-electron chi connectivity index (χ3n) is 1.20. The van der Waals surface area contributed by atoms with Crippen molar-refractivity contribution >= 4 is 12.2 Å². The minimum absolute atomic E-state index is 0.0209. The summed E-state index contributed by atoms with van der Waals surface area (Å²) >= 11 is 0. The molecule has 3 N–H and O–H groups in total. The van der Waals surface area contributed by atoms with Crippen molar-refractivity contribution in [1.82, 2.24) is 4.98 Å². The van der Waals surface area contributed by atoms with E-state index in [1.54, 1.807) is 12.1 Å². The van der Waals surface area contributed by atoms with Crippen molar-refractivity contribution in [1.29, 1.82) is 0 Å². The van der Waals surface area contributed by atoms with E-state index in [-0.39, 0.29) is 5.69 Å². The number of pyridine rings is 1. The lowest BCUT2D eigenvalue weighted by Crippen LogP contribution is -2.02. The van der Waals surface area contributed by atoms with Gasteiger partial charge in [0.05, 0.1) is 11.9 Å². The molecule has 0 amide bonds. The van der Waals surface area contributed by atoms with Gasteiger partial charge in [-0.3, -0.25) is 0 Å². The lowest BCUT2D eigenvalue weighted by Gasteiger charge is -1.93. The topological polar surface area (TPSA) is 88.6 Å². The first kappa shape index (κ1) is 8.19. The smallest absolute Gasteiger partial charge is 0.354 e. The van der Waals surface area contributed by atoms with Gasteiger partial charge in [-0.25, -0.2) is 9.78 Å². The second-order valence-electron chi connectivity index (χ2n) is 2.03. The first-order valence-electron chi connectivity index (χ1n) is 3.17. The van der Waals surface area contributed by atoms with Crippen LogP contribution in [0.1, 0.15) is 16.2 Å². The molecule has 0 spiro atoms. The Morgan fingerprint density at radius 2 is 2.42 bits per heavy atom. The van der Waals surface area contributed by atoms with Gasteiger partial charge < -0.3 is 10.9 Å². The molecule has 0 aliphatic heterocycles. The average molecular weight is 165 g/mol. The lowest BCUT2D eigenvalue weighted by molar-refractivity contribution is 0.0690. The number of aromatic carboxylic acids is 1. The highest BCUT2D eigenvalue weighted by Crippen LogP contribution is 1.96. The second kappa shape index (κ2) is 3.47. The summed E-state index contributed by atoms with van der Waals surface area (Å²) in [5, 5.41) is 11.8. The molecule has 0 aliphatic carbocycles. The number of hydrogen-bond acceptors (Lipinski definition) is 4. The van der Waals surface area contributed by atoms with Crippen LogP contribution in [0.5, 0.6) is 0 Å². The van der Waals surface area contributed by atoms with Gasteiger partial charge in [0.1, 0.15) is 5.69 Å². The van der Waals surface area contributed by atoms with Gasteiger partial charge in [0.15, 0.2) is 0 Å². The van der Waals surface area contributed by atoms with E-state index >= 15 is 0 Å². The molecular weight excluding hydrogens is 158 g/mol. The van der Waals surface area contributed by atoms with Crippen molar-refractivity contribution in [2.45, 2.75) is 0 Å². The Labute approximate surface area is 68.5 Å². The van der Waals surface area contributed by atoms with Crippen molar-refractivity contribution < 1.29 is 9.90 Å². The summed E-state index contributed by atoms with van der Waals surface area (Å²) in [6.07, 6.45) is 1.28. The Hall–Kier alpha value is -1.91. The summed E-state index contributed by atoms with van der Waals surface area (Å²) in [6, 6.07) is 4.59. The van der Waals surface area contributed by atoms with Gasteiger partial charge in [0.2, 0.25) is 0 Å². The molecule has 5 nitrogen and oxygen atoms in total. The summed E-state index contributed by atoms with van der Waals surface area (Å²) in [6.45, 7) is 0. The molecule has 0 atom stereocenters. The van der Waals surface area contributed by atoms with Crippen molar-refractivity contribution in [2.24, 2.45) is 10.9 Å². The van der Waals surface area contributed by atoms with Crippen LogP contribution >= 0.6 is 0 Å². The Kier molecular flexibility index (Phi) is 2.37. The SMILES string of the molecule is NN=Cc1cccc(C(=O)O)n1. The fourth-order valence-electron chi connectivity index (χ4n) is 0.719. The molecule has 0 aromatic carbocycles. The molecule has 0 fully saturated rings. The first-order chi connectivity index (χ1) is 5.74. The summed E-state index contributed by atoms with van der Waals surface area (Å²) < 4.78 is 0. The van der Waals surface area contributed by atoms with Gasteiger partial charge in [-0.05, 0) is 12.1 Å². The Morgan fingerprint density at radius 3 is 3.00 bits per heavy atom. The standard InChI is InChI=1S/C7H7N3O2/c8-9-4-5-2-1-3-6(10-5)7(11)12/h1-4H,8H2,(H,11,12). The van der Waals surface area contributed by atoms with Crippen LogP contribution in [-0.2, 0) is 0 Å². The Morgan fingerprint density at radius 1 is 1.67 bits per heavy atom. The number of carboxylic acids is 1. The predicted octanol–water partition coefficient (Wildman–Crippen LogP) is 0.0724. The molecule has 0 saturated carbocycles. The lowest BCUT2D eigenvalue weighted by atomic mass is 10.3. The molecule has 1 aromatic rings. The maximum Gasteiger partial charge on any atom is 0.354 e. The summed E-state index contributed by atoms with van der Waals surface area (Å²) in [5.74, 6) is 3.80. The van der Waals surface area contributed by atoms with Gasteiger partial charge in [-0.15, -0.1) is 0 Å². The molecule has 0 saturated heterocycles. The van der Waals surface area contributed by atoms with E-state index in [2.05, 4.69) is 10.1 Å². The van der Waals surface area contributed by atoms with Crippen LogP contribution in [0.15, 0.2) is 23.3 Å². The van der Waals surface area contributed by atoms with Gasteiger partial charge >= 0.3 is 5.97 Å². The number of carbonyl (C=O) groups is 1. The highest BCUT2D eigenvalue weighted by Gasteiger charge is 2.02. The van der Waals surface area contributed by atoms with Crippen molar-refractivity contribution in [3.63, 3.8) is 0 Å². The molecule has 1 aromatic heterocycles. The van der Waals surface area contributed by atoms with Crippen molar-refractivity contribution in [3.05, 3.63) is 29.6 Å². The molecule has 62 valence electrons. The highest BCUT2D eigenvalue weighted by molar-refractivity contribution is 5.87. The highest BCUT2D eigenvalue weighted by atomic mass is 16.4. The molecule has 12 heavy (non-hydrogen) atoms. The van der Waals surface area contributed by atoms with Crippen LogP contribution in [0.25, 0.3) is 0 Å². The zero-order chi connectivity index (χ0) is 8.97. The van der Waals surface area contributed by atoms with Gasteiger partial charge in [-0.2, -0.15) is 5.10 Å². The molecule has 0 bridgehead atoms. The van der Waals surface area contributed by atoms with E-state index in [0.29, 0.717) is 5.69 Å². The first-order valence-corrected chi connectivity index (χ1v) is 3.17. The second-order valence-corrected chi connectivity index (χ2v) is 2.03. The van der Waals surface area contributed by atoms with Crippen LogP contribution in [0, 0.1) is 0 Å². The monoisotopic (exact) mass is 165 g/mol. The van der Waals surface area contributed by atoms with Crippen molar-refractivity contribution in [2.75, 3.05) is 0 Å². The zero-order valence-corrected chi connectivity index (χ0v) is 6.14. The van der Waals surface area contributed by atoms with Gasteiger partial charge in [0, 0.05) is 0 Å². The molecule has 5 heteroatoms. The largest absolute Gasteiger partial charge is 0.477 e. The van der Waals surface area contributed by atoms with Gasteiger partial charge in [-0.1, -0.05) is 6.07 Å². The predicted molar refractivity (Wildman–Crippen MR) is 43.0 cm³/mol. The molecule has 1 heterocycles. The third-order valence-corrected chi connectivity index (χ3v) is 1.20. The van der Waals surface area contributed by atoms with E-state index in [4.69, 9.17) is 10.9 Å². The van der Waals surface area contributed by atoms with Gasteiger partial charge in [0.25, 0.3) is 0 Å². The number of nitrogens with two attached hydrogens (primary N) is 1. The number of carboxylic acid groups (broad SMARTS) is 1. The van der Waals surface area contributed by atoms with Crippen LogP contribution in [0.2, 0.25) is 0 Å². The summed E-state index contributed by atoms with van der Waals surface area (Å²) in [7, 11) is 0. The number of hydrazone groups is 1. The maximum absolute atomic E-state index is 10.4. The Balaban J connectivity index is 3.03. The van der Waals surface area contributed by atoms with E-state index < -0.39 is 5.97 Å². The molecule has 0 unspecified atom stereocenters. The fraction of sp³-hybridized carbons (Fsp3) is 0. The van der Waals surface area contributed by atoms with Crippen LogP contribution < -0.4 is 5.84 Å². The Bertz CT molecular complexity index is 322. The minimum Gasteiger partial charge on any atom is -0.477 e. The van der Waals surface area contributed by atoms with E-state index in [0.717, 1.165) is 0 Å². The minimum atomic E-state index is -1.07. The quantitative estimate of drug-likeness (QED) is 0.368. The molecular formula is C7H7N3O2. The zero-order valence-electron chi connectivity index (χ0n) is 6.14.